The zero-order chi connectivity index (χ0) is 11.8. The molecule has 0 aliphatic heterocycles. The lowest BCUT2D eigenvalue weighted by Crippen LogP contribution is -2.33. The van der Waals surface area contributed by atoms with Crippen molar-refractivity contribution in [2.45, 2.75) is 38.3 Å². The third-order valence-corrected chi connectivity index (χ3v) is 2.99. The second-order valence-electron chi connectivity index (χ2n) is 4.10. The molecule has 0 amide bonds. The van der Waals surface area contributed by atoms with Crippen LogP contribution in [0.15, 0.2) is 30.3 Å². The van der Waals surface area contributed by atoms with E-state index in [9.17, 15) is 0 Å². The molecule has 0 bridgehead atoms. The average molecular weight is 221 g/mol. The highest BCUT2D eigenvalue weighted by Gasteiger charge is 2.20. The van der Waals surface area contributed by atoms with Crippen LogP contribution in [0.2, 0.25) is 0 Å². The fourth-order valence-electron chi connectivity index (χ4n) is 2.05. The standard InChI is InChI=1S/C14H23NO/c1-4-5-11-13(15-2)14(16-3)12-9-7-6-8-10-12/h6-10,13-15H,4-5,11H2,1-3H3. The van der Waals surface area contributed by atoms with E-state index in [2.05, 4.69) is 36.5 Å². The summed E-state index contributed by atoms with van der Waals surface area (Å²) < 4.78 is 5.62. The molecule has 0 aliphatic rings. The van der Waals surface area contributed by atoms with Crippen LogP contribution in [0.3, 0.4) is 0 Å². The van der Waals surface area contributed by atoms with Gasteiger partial charge < -0.3 is 10.1 Å². The Balaban J connectivity index is 2.71. The van der Waals surface area contributed by atoms with Gasteiger partial charge in [-0.25, -0.2) is 0 Å². The van der Waals surface area contributed by atoms with Crippen molar-refractivity contribution in [2.24, 2.45) is 0 Å². The van der Waals surface area contributed by atoms with Gasteiger partial charge in [-0.3, -0.25) is 0 Å². The maximum atomic E-state index is 5.62. The predicted octanol–water partition coefficient (Wildman–Crippen LogP) is 3.15. The topological polar surface area (TPSA) is 21.3 Å². The number of methoxy groups -OCH3 is 1. The van der Waals surface area contributed by atoms with E-state index < -0.39 is 0 Å². The van der Waals surface area contributed by atoms with Crippen LogP contribution in [0, 0.1) is 0 Å². The molecule has 1 aromatic rings. The van der Waals surface area contributed by atoms with Crippen LogP contribution in [0.5, 0.6) is 0 Å². The summed E-state index contributed by atoms with van der Waals surface area (Å²) in [6.45, 7) is 2.22. The van der Waals surface area contributed by atoms with Crippen molar-refractivity contribution in [2.75, 3.05) is 14.2 Å². The first kappa shape index (κ1) is 13.2. The zero-order valence-electron chi connectivity index (χ0n) is 10.6. The summed E-state index contributed by atoms with van der Waals surface area (Å²) in [6, 6.07) is 10.8. The van der Waals surface area contributed by atoms with Crippen molar-refractivity contribution >= 4 is 0 Å². The number of nitrogens with one attached hydrogen (secondary N) is 1. The van der Waals surface area contributed by atoms with Gasteiger partial charge in [-0.05, 0) is 19.0 Å². The summed E-state index contributed by atoms with van der Waals surface area (Å²) in [5.41, 5.74) is 1.25. The molecular weight excluding hydrogens is 198 g/mol. The largest absolute Gasteiger partial charge is 0.375 e. The van der Waals surface area contributed by atoms with Gasteiger partial charge in [-0.1, -0.05) is 50.1 Å². The Bertz CT molecular complexity index is 273. The zero-order valence-corrected chi connectivity index (χ0v) is 10.6. The van der Waals surface area contributed by atoms with Crippen LogP contribution in [-0.2, 0) is 4.74 Å². The molecule has 1 N–H and O–H groups in total. The average Bonchev–Trinajstić information content (AvgIpc) is 2.35. The maximum absolute atomic E-state index is 5.62. The Morgan fingerprint density at radius 3 is 2.44 bits per heavy atom. The van der Waals surface area contributed by atoms with Crippen LogP contribution in [0.25, 0.3) is 0 Å². The van der Waals surface area contributed by atoms with Crippen LogP contribution in [0.4, 0.5) is 0 Å². The van der Waals surface area contributed by atoms with Gasteiger partial charge in [0, 0.05) is 13.2 Å². The van der Waals surface area contributed by atoms with E-state index in [0.29, 0.717) is 6.04 Å². The summed E-state index contributed by atoms with van der Waals surface area (Å²) in [7, 11) is 3.79. The van der Waals surface area contributed by atoms with Crippen LogP contribution >= 0.6 is 0 Å². The van der Waals surface area contributed by atoms with Gasteiger partial charge >= 0.3 is 0 Å². The van der Waals surface area contributed by atoms with Gasteiger partial charge in [0.25, 0.3) is 0 Å². The molecule has 1 aromatic carbocycles. The first-order chi connectivity index (χ1) is 7.83. The van der Waals surface area contributed by atoms with Gasteiger partial charge in [0.05, 0.1) is 6.10 Å². The van der Waals surface area contributed by atoms with E-state index in [-0.39, 0.29) is 6.10 Å². The number of likely N-dealkylation sites (N-methyl/N-ethyl adjacent to an activating group) is 1. The SMILES string of the molecule is CCCCC(NC)C(OC)c1ccccc1. The molecule has 90 valence electrons. The highest BCUT2D eigenvalue weighted by molar-refractivity contribution is 5.19. The lowest BCUT2D eigenvalue weighted by molar-refractivity contribution is 0.0668. The maximum Gasteiger partial charge on any atom is 0.0973 e. The molecule has 2 nitrogen and oxygen atoms in total. The first-order valence-corrected chi connectivity index (χ1v) is 6.08. The molecule has 0 aromatic heterocycles. The van der Waals surface area contributed by atoms with Crippen molar-refractivity contribution < 1.29 is 4.74 Å². The van der Waals surface area contributed by atoms with Crippen molar-refractivity contribution in [1.29, 1.82) is 0 Å². The third kappa shape index (κ3) is 3.62. The molecule has 2 unspecified atom stereocenters. The quantitative estimate of drug-likeness (QED) is 0.763. The van der Waals surface area contributed by atoms with Crippen molar-refractivity contribution in [3.8, 4) is 0 Å². The Morgan fingerprint density at radius 2 is 1.94 bits per heavy atom. The van der Waals surface area contributed by atoms with Crippen LogP contribution < -0.4 is 5.32 Å². The van der Waals surface area contributed by atoms with Gasteiger partial charge in [0.15, 0.2) is 0 Å². The third-order valence-electron chi connectivity index (χ3n) is 2.99. The van der Waals surface area contributed by atoms with Crippen molar-refractivity contribution in [3.05, 3.63) is 35.9 Å². The van der Waals surface area contributed by atoms with Crippen molar-refractivity contribution in [3.63, 3.8) is 0 Å². The molecule has 16 heavy (non-hydrogen) atoms. The molecule has 0 fully saturated rings. The Kier molecular flexibility index (Phi) is 6.12. The minimum atomic E-state index is 0.151. The highest BCUT2D eigenvalue weighted by Crippen LogP contribution is 2.23. The fraction of sp³-hybridized carbons (Fsp3) is 0.571. The van der Waals surface area contributed by atoms with Crippen LogP contribution in [0.1, 0.15) is 37.9 Å². The van der Waals surface area contributed by atoms with E-state index in [0.717, 1.165) is 6.42 Å². The van der Waals surface area contributed by atoms with Crippen molar-refractivity contribution in [1.82, 2.24) is 5.32 Å². The number of unbranched alkanes of at least 4 members (excludes halogenated alkanes) is 1. The summed E-state index contributed by atoms with van der Waals surface area (Å²) in [5, 5.41) is 3.36. The predicted molar refractivity (Wildman–Crippen MR) is 68.6 cm³/mol. The molecule has 0 spiro atoms. The summed E-state index contributed by atoms with van der Waals surface area (Å²) in [5.74, 6) is 0. The van der Waals surface area contributed by atoms with E-state index >= 15 is 0 Å². The van der Waals surface area contributed by atoms with Crippen LogP contribution in [-0.4, -0.2) is 20.2 Å². The minimum Gasteiger partial charge on any atom is -0.375 e. The van der Waals surface area contributed by atoms with E-state index in [1.54, 1.807) is 7.11 Å². The first-order valence-electron chi connectivity index (χ1n) is 6.08. The minimum absolute atomic E-state index is 0.151. The summed E-state index contributed by atoms with van der Waals surface area (Å²) >= 11 is 0. The van der Waals surface area contributed by atoms with Gasteiger partial charge in [-0.15, -0.1) is 0 Å². The van der Waals surface area contributed by atoms with E-state index in [1.807, 2.05) is 13.1 Å². The monoisotopic (exact) mass is 221 g/mol. The molecule has 0 heterocycles. The summed E-state index contributed by atoms with van der Waals surface area (Å²) in [4.78, 5) is 0. The lowest BCUT2D eigenvalue weighted by Gasteiger charge is -2.26. The van der Waals surface area contributed by atoms with E-state index in [4.69, 9.17) is 4.74 Å². The smallest absolute Gasteiger partial charge is 0.0973 e. The second-order valence-corrected chi connectivity index (χ2v) is 4.10. The Hall–Kier alpha value is -0.860. The van der Waals surface area contributed by atoms with Gasteiger partial charge in [0.1, 0.15) is 0 Å². The molecule has 0 aliphatic carbocycles. The molecule has 2 heteroatoms. The molecule has 0 saturated heterocycles. The second kappa shape index (κ2) is 7.42. The number of hydrogen-bond donors (Lipinski definition) is 1. The number of hydrogen-bond acceptors (Lipinski definition) is 2. The lowest BCUT2D eigenvalue weighted by atomic mass is 9.98. The summed E-state index contributed by atoms with van der Waals surface area (Å²) in [6.07, 6.45) is 3.76. The molecule has 1 rings (SSSR count). The molecule has 0 radical (unpaired) electrons. The van der Waals surface area contributed by atoms with E-state index in [1.165, 1.54) is 18.4 Å². The van der Waals surface area contributed by atoms with Gasteiger partial charge in [0.2, 0.25) is 0 Å². The number of ether oxygens (including phenoxy) is 1. The molecule has 0 saturated carbocycles. The Labute approximate surface area is 99.0 Å². The molecular formula is C14H23NO. The highest BCUT2D eigenvalue weighted by atomic mass is 16.5. The number of rotatable bonds is 7. The fourth-order valence-corrected chi connectivity index (χ4v) is 2.05. The number of benzene rings is 1. The normalized spacial score (nSPS) is 14.7. The Morgan fingerprint density at radius 1 is 1.25 bits per heavy atom. The molecule has 2 atom stereocenters. The van der Waals surface area contributed by atoms with Gasteiger partial charge in [-0.2, -0.15) is 0 Å².